The first kappa shape index (κ1) is 13.1. The number of nitrogens with zero attached hydrogens (tertiary/aromatic N) is 3. The number of nitrogen functional groups attached to an aromatic ring is 1. The van der Waals surface area contributed by atoms with E-state index in [-0.39, 0.29) is 5.91 Å². The van der Waals surface area contributed by atoms with E-state index in [2.05, 4.69) is 25.8 Å². The van der Waals surface area contributed by atoms with E-state index in [1.807, 2.05) is 11.0 Å². The van der Waals surface area contributed by atoms with E-state index < -0.39 is 0 Å². The Morgan fingerprint density at radius 3 is 2.61 bits per heavy atom. The third kappa shape index (κ3) is 3.11. The van der Waals surface area contributed by atoms with Gasteiger partial charge in [-0.05, 0) is 22.0 Å². The lowest BCUT2D eigenvalue weighted by Gasteiger charge is -2.35. The van der Waals surface area contributed by atoms with Crippen molar-refractivity contribution >= 4 is 33.3 Å². The first-order chi connectivity index (χ1) is 8.56. The molecule has 0 unspecified atom stereocenters. The van der Waals surface area contributed by atoms with Crippen LogP contribution >= 0.6 is 15.9 Å². The predicted molar refractivity (Wildman–Crippen MR) is 74.2 cm³/mol. The fourth-order valence-corrected chi connectivity index (χ4v) is 2.40. The third-order valence-corrected chi connectivity index (χ3v) is 3.35. The van der Waals surface area contributed by atoms with Crippen molar-refractivity contribution in [1.82, 2.24) is 9.88 Å². The van der Waals surface area contributed by atoms with Gasteiger partial charge in [0.05, 0.1) is 12.2 Å². The fourth-order valence-electron chi connectivity index (χ4n) is 2.05. The number of amides is 1. The Bertz CT molecular complexity index is 445. The van der Waals surface area contributed by atoms with Gasteiger partial charge in [0.1, 0.15) is 0 Å². The number of hydrogen-bond acceptors (Lipinski definition) is 5. The minimum Gasteiger partial charge on any atom is -0.396 e. The van der Waals surface area contributed by atoms with Gasteiger partial charge in [-0.15, -0.1) is 0 Å². The normalized spacial score (nSPS) is 16.8. The minimum atomic E-state index is -0.287. The summed E-state index contributed by atoms with van der Waals surface area (Å²) in [5, 5.41) is 0. The molecule has 1 fully saturated rings. The molecule has 7 heteroatoms. The highest BCUT2D eigenvalue weighted by molar-refractivity contribution is 9.10. The van der Waals surface area contributed by atoms with Crippen molar-refractivity contribution in [2.24, 2.45) is 5.73 Å². The number of halogens is 1. The molecule has 1 saturated heterocycles. The van der Waals surface area contributed by atoms with E-state index in [1.165, 1.54) is 0 Å². The smallest absolute Gasteiger partial charge is 0.231 e. The van der Waals surface area contributed by atoms with E-state index in [0.29, 0.717) is 12.2 Å². The fraction of sp³-hybridized carbons (Fsp3) is 0.455. The molecule has 1 amide bonds. The van der Waals surface area contributed by atoms with Crippen LogP contribution in [-0.2, 0) is 4.79 Å². The van der Waals surface area contributed by atoms with Gasteiger partial charge in [-0.3, -0.25) is 9.69 Å². The second-order valence-corrected chi connectivity index (χ2v) is 5.21. The monoisotopic (exact) mass is 313 g/mol. The van der Waals surface area contributed by atoms with Crippen LogP contribution in [0.25, 0.3) is 0 Å². The zero-order chi connectivity index (χ0) is 13.1. The average molecular weight is 314 g/mol. The molecule has 2 heterocycles. The SMILES string of the molecule is NC(=O)CN1CCN(c2ncc(Br)cc2N)CC1. The Balaban J connectivity index is 1.99. The summed E-state index contributed by atoms with van der Waals surface area (Å²) in [4.78, 5) is 19.3. The molecular formula is C11H16BrN5O. The molecule has 0 saturated carbocycles. The van der Waals surface area contributed by atoms with Gasteiger partial charge in [-0.25, -0.2) is 4.98 Å². The number of nitrogens with two attached hydrogens (primary N) is 2. The molecule has 2 rings (SSSR count). The first-order valence-corrected chi connectivity index (χ1v) is 6.52. The molecular weight excluding hydrogens is 298 g/mol. The Labute approximate surface area is 114 Å². The number of carbonyl (C=O) groups excluding carboxylic acids is 1. The quantitative estimate of drug-likeness (QED) is 0.822. The molecule has 0 aliphatic carbocycles. The van der Waals surface area contributed by atoms with Gasteiger partial charge in [0.15, 0.2) is 5.82 Å². The lowest BCUT2D eigenvalue weighted by atomic mass is 10.3. The predicted octanol–water partition coefficient (Wildman–Crippen LogP) is 0.0336. The molecule has 1 aromatic heterocycles. The molecule has 18 heavy (non-hydrogen) atoms. The maximum absolute atomic E-state index is 10.8. The largest absolute Gasteiger partial charge is 0.396 e. The summed E-state index contributed by atoms with van der Waals surface area (Å²) in [6.45, 7) is 3.50. The van der Waals surface area contributed by atoms with Gasteiger partial charge in [-0.2, -0.15) is 0 Å². The van der Waals surface area contributed by atoms with Crippen LogP contribution in [0.3, 0.4) is 0 Å². The van der Waals surface area contributed by atoms with Gasteiger partial charge in [0, 0.05) is 36.8 Å². The summed E-state index contributed by atoms with van der Waals surface area (Å²) in [5.41, 5.74) is 11.8. The van der Waals surface area contributed by atoms with E-state index in [0.717, 1.165) is 36.5 Å². The number of aromatic nitrogens is 1. The highest BCUT2D eigenvalue weighted by atomic mass is 79.9. The molecule has 6 nitrogen and oxygen atoms in total. The zero-order valence-corrected chi connectivity index (χ0v) is 11.6. The van der Waals surface area contributed by atoms with Crippen LogP contribution in [0.4, 0.5) is 11.5 Å². The van der Waals surface area contributed by atoms with Crippen LogP contribution in [0.2, 0.25) is 0 Å². The summed E-state index contributed by atoms with van der Waals surface area (Å²) in [6.07, 6.45) is 1.74. The van der Waals surface area contributed by atoms with Crippen LogP contribution in [0, 0.1) is 0 Å². The summed E-state index contributed by atoms with van der Waals surface area (Å²) < 4.78 is 0.871. The standard InChI is InChI=1S/C11H16BrN5O/c12-8-5-9(13)11(15-6-8)17-3-1-16(2-4-17)7-10(14)18/h5-6H,1-4,7,13H2,(H2,14,18). The second kappa shape index (κ2) is 5.53. The molecule has 1 aliphatic heterocycles. The molecule has 0 atom stereocenters. The van der Waals surface area contributed by atoms with Crippen LogP contribution in [0.15, 0.2) is 16.7 Å². The van der Waals surface area contributed by atoms with Crippen molar-refractivity contribution in [3.63, 3.8) is 0 Å². The molecule has 1 aromatic rings. The molecule has 98 valence electrons. The average Bonchev–Trinajstić information content (AvgIpc) is 2.30. The molecule has 4 N–H and O–H groups in total. The summed E-state index contributed by atoms with van der Waals surface area (Å²) in [6, 6.07) is 1.85. The van der Waals surface area contributed by atoms with Gasteiger partial charge >= 0.3 is 0 Å². The van der Waals surface area contributed by atoms with E-state index in [4.69, 9.17) is 11.5 Å². The topological polar surface area (TPSA) is 88.5 Å². The summed E-state index contributed by atoms with van der Waals surface area (Å²) in [7, 11) is 0. The highest BCUT2D eigenvalue weighted by Gasteiger charge is 2.20. The number of piperazine rings is 1. The van der Waals surface area contributed by atoms with Crippen LogP contribution in [-0.4, -0.2) is 48.5 Å². The lowest BCUT2D eigenvalue weighted by molar-refractivity contribution is -0.119. The molecule has 0 radical (unpaired) electrons. The first-order valence-electron chi connectivity index (χ1n) is 5.73. The number of anilines is 2. The molecule has 0 spiro atoms. The van der Waals surface area contributed by atoms with Crippen molar-refractivity contribution < 1.29 is 4.79 Å². The Kier molecular flexibility index (Phi) is 4.03. The van der Waals surface area contributed by atoms with Gasteiger partial charge in [-0.1, -0.05) is 0 Å². The van der Waals surface area contributed by atoms with Crippen LogP contribution in [0.5, 0.6) is 0 Å². The van der Waals surface area contributed by atoms with Gasteiger partial charge in [0.2, 0.25) is 5.91 Å². The number of hydrogen-bond donors (Lipinski definition) is 2. The van der Waals surface area contributed by atoms with E-state index >= 15 is 0 Å². The van der Waals surface area contributed by atoms with Gasteiger partial charge < -0.3 is 16.4 Å². The lowest BCUT2D eigenvalue weighted by Crippen LogP contribution is -2.49. The third-order valence-electron chi connectivity index (χ3n) is 2.91. The second-order valence-electron chi connectivity index (χ2n) is 4.30. The minimum absolute atomic E-state index is 0.287. The van der Waals surface area contributed by atoms with E-state index in [9.17, 15) is 4.79 Å². The van der Waals surface area contributed by atoms with Crippen molar-refractivity contribution in [2.75, 3.05) is 43.4 Å². The van der Waals surface area contributed by atoms with Crippen LogP contribution in [0.1, 0.15) is 0 Å². The van der Waals surface area contributed by atoms with Gasteiger partial charge in [0.25, 0.3) is 0 Å². The number of rotatable bonds is 3. The molecule has 0 bridgehead atoms. The van der Waals surface area contributed by atoms with Crippen molar-refractivity contribution in [3.05, 3.63) is 16.7 Å². The number of pyridine rings is 1. The maximum Gasteiger partial charge on any atom is 0.231 e. The Morgan fingerprint density at radius 1 is 1.39 bits per heavy atom. The van der Waals surface area contributed by atoms with Crippen molar-refractivity contribution in [2.45, 2.75) is 0 Å². The maximum atomic E-state index is 10.8. The number of carbonyl (C=O) groups is 1. The summed E-state index contributed by atoms with van der Waals surface area (Å²) in [5.74, 6) is 0.515. The Hall–Kier alpha value is -1.34. The molecule has 0 aromatic carbocycles. The summed E-state index contributed by atoms with van der Waals surface area (Å²) >= 11 is 3.34. The molecule has 1 aliphatic rings. The van der Waals surface area contributed by atoms with Crippen molar-refractivity contribution in [1.29, 1.82) is 0 Å². The van der Waals surface area contributed by atoms with Crippen molar-refractivity contribution in [3.8, 4) is 0 Å². The highest BCUT2D eigenvalue weighted by Crippen LogP contribution is 2.24. The van der Waals surface area contributed by atoms with E-state index in [1.54, 1.807) is 6.20 Å². The zero-order valence-electron chi connectivity index (χ0n) is 9.97. The van der Waals surface area contributed by atoms with Crippen LogP contribution < -0.4 is 16.4 Å². The Morgan fingerprint density at radius 2 is 2.06 bits per heavy atom. The number of primary amides is 1.